The van der Waals surface area contributed by atoms with Gasteiger partial charge in [0.05, 0.1) is 6.61 Å². The van der Waals surface area contributed by atoms with Crippen LogP contribution in [-0.4, -0.2) is 10.2 Å². The van der Waals surface area contributed by atoms with Gasteiger partial charge in [0, 0.05) is 11.5 Å². The molecular formula is C10H10O3. The summed E-state index contributed by atoms with van der Waals surface area (Å²) in [5.41, 5.74) is 1.30. The molecular weight excluding hydrogens is 168 g/mol. The average Bonchev–Trinajstić information content (AvgIpc) is 2.43. The molecule has 1 heterocycles. The number of benzene rings is 1. The molecule has 0 unspecified atom stereocenters. The predicted molar refractivity (Wildman–Crippen MR) is 48.5 cm³/mol. The van der Waals surface area contributed by atoms with Crippen molar-refractivity contribution in [3.05, 3.63) is 29.5 Å². The van der Waals surface area contributed by atoms with E-state index >= 15 is 0 Å². The Kier molecular flexibility index (Phi) is 1.74. The van der Waals surface area contributed by atoms with E-state index in [9.17, 15) is 5.11 Å². The van der Waals surface area contributed by atoms with Crippen LogP contribution >= 0.6 is 0 Å². The molecule has 0 radical (unpaired) electrons. The van der Waals surface area contributed by atoms with E-state index in [2.05, 4.69) is 0 Å². The second kappa shape index (κ2) is 2.78. The number of hydrogen-bond acceptors (Lipinski definition) is 3. The molecule has 0 aliphatic heterocycles. The number of rotatable bonds is 1. The molecule has 0 aliphatic carbocycles. The van der Waals surface area contributed by atoms with E-state index in [0.717, 1.165) is 11.1 Å². The highest BCUT2D eigenvalue weighted by Gasteiger charge is 2.06. The first kappa shape index (κ1) is 8.13. The van der Waals surface area contributed by atoms with Crippen molar-refractivity contribution < 1.29 is 14.6 Å². The van der Waals surface area contributed by atoms with Crippen LogP contribution in [0, 0.1) is 6.92 Å². The van der Waals surface area contributed by atoms with Gasteiger partial charge in [-0.15, -0.1) is 0 Å². The number of aliphatic hydroxyl groups excluding tert-OH is 1. The van der Waals surface area contributed by atoms with Crippen LogP contribution in [0.1, 0.15) is 11.3 Å². The Labute approximate surface area is 75.2 Å². The maximum Gasteiger partial charge on any atom is 0.138 e. The summed E-state index contributed by atoms with van der Waals surface area (Å²) in [6.45, 7) is 1.74. The van der Waals surface area contributed by atoms with Crippen LogP contribution in [0.4, 0.5) is 0 Å². The molecule has 1 aromatic heterocycles. The molecule has 0 saturated carbocycles. The van der Waals surface area contributed by atoms with Crippen molar-refractivity contribution in [2.45, 2.75) is 13.5 Å². The fourth-order valence-electron chi connectivity index (χ4n) is 1.45. The van der Waals surface area contributed by atoms with Crippen molar-refractivity contribution >= 4 is 11.0 Å². The molecule has 1 aromatic carbocycles. The van der Waals surface area contributed by atoms with E-state index in [0.29, 0.717) is 11.1 Å². The summed E-state index contributed by atoms with van der Waals surface area (Å²) in [4.78, 5) is 0. The van der Waals surface area contributed by atoms with Gasteiger partial charge in [0.15, 0.2) is 0 Å². The van der Waals surface area contributed by atoms with E-state index in [1.165, 1.54) is 6.07 Å². The van der Waals surface area contributed by atoms with Crippen LogP contribution in [0.3, 0.4) is 0 Å². The lowest BCUT2D eigenvalue weighted by atomic mass is 10.1. The van der Waals surface area contributed by atoms with Crippen molar-refractivity contribution in [1.29, 1.82) is 0 Å². The van der Waals surface area contributed by atoms with Gasteiger partial charge in [-0.05, 0) is 24.6 Å². The molecule has 2 aromatic rings. The smallest absolute Gasteiger partial charge is 0.138 e. The van der Waals surface area contributed by atoms with E-state index < -0.39 is 0 Å². The van der Waals surface area contributed by atoms with Gasteiger partial charge in [-0.2, -0.15) is 0 Å². The molecule has 68 valence electrons. The van der Waals surface area contributed by atoms with Gasteiger partial charge in [-0.3, -0.25) is 0 Å². The van der Waals surface area contributed by atoms with E-state index in [1.54, 1.807) is 6.07 Å². The van der Waals surface area contributed by atoms with Gasteiger partial charge in [-0.1, -0.05) is 0 Å². The lowest BCUT2D eigenvalue weighted by molar-refractivity contribution is 0.282. The Morgan fingerprint density at radius 2 is 2.08 bits per heavy atom. The van der Waals surface area contributed by atoms with Gasteiger partial charge in [0.1, 0.15) is 17.1 Å². The number of phenols is 1. The maximum atomic E-state index is 9.28. The summed E-state index contributed by atoms with van der Waals surface area (Å²) in [6.07, 6.45) is 0. The molecule has 3 heteroatoms. The summed E-state index contributed by atoms with van der Waals surface area (Å²) < 4.78 is 5.32. The number of phenolic OH excluding ortho intramolecular Hbond substituents is 1. The molecule has 0 saturated heterocycles. The highest BCUT2D eigenvalue weighted by atomic mass is 16.3. The number of aryl methyl sites for hydroxylation is 1. The number of aliphatic hydroxyl groups is 1. The van der Waals surface area contributed by atoms with E-state index in [4.69, 9.17) is 9.52 Å². The van der Waals surface area contributed by atoms with E-state index in [1.807, 2.05) is 13.0 Å². The molecule has 0 fully saturated rings. The van der Waals surface area contributed by atoms with Crippen molar-refractivity contribution in [3.63, 3.8) is 0 Å². The van der Waals surface area contributed by atoms with Crippen molar-refractivity contribution in [2.24, 2.45) is 0 Å². The minimum absolute atomic E-state index is 0.0934. The van der Waals surface area contributed by atoms with Crippen LogP contribution < -0.4 is 0 Å². The van der Waals surface area contributed by atoms with Gasteiger partial charge >= 0.3 is 0 Å². The second-order valence-electron chi connectivity index (χ2n) is 3.03. The Morgan fingerprint density at radius 3 is 2.77 bits per heavy atom. The van der Waals surface area contributed by atoms with Crippen LogP contribution in [0.15, 0.2) is 22.6 Å². The zero-order chi connectivity index (χ0) is 9.42. The quantitative estimate of drug-likeness (QED) is 0.701. The molecule has 0 atom stereocenters. The zero-order valence-electron chi connectivity index (χ0n) is 7.24. The fourth-order valence-corrected chi connectivity index (χ4v) is 1.45. The van der Waals surface area contributed by atoms with E-state index in [-0.39, 0.29) is 12.4 Å². The standard InChI is InChI=1S/C10H10O3/c1-6-2-9-7(5-11)3-8(12)4-10(9)13-6/h2-4,11-12H,5H2,1H3. The highest BCUT2D eigenvalue weighted by Crippen LogP contribution is 2.27. The van der Waals surface area contributed by atoms with Crippen LogP contribution in [0.25, 0.3) is 11.0 Å². The minimum atomic E-state index is -0.0934. The summed E-state index contributed by atoms with van der Waals surface area (Å²) >= 11 is 0. The summed E-state index contributed by atoms with van der Waals surface area (Å²) in [7, 11) is 0. The molecule has 0 aliphatic rings. The molecule has 0 bridgehead atoms. The predicted octanol–water partition coefficient (Wildman–Crippen LogP) is 1.94. The van der Waals surface area contributed by atoms with Gasteiger partial charge in [0.2, 0.25) is 0 Å². The lowest BCUT2D eigenvalue weighted by Gasteiger charge is -1.98. The molecule has 0 spiro atoms. The summed E-state index contributed by atoms with van der Waals surface area (Å²) in [6, 6.07) is 4.93. The lowest BCUT2D eigenvalue weighted by Crippen LogP contribution is -1.82. The van der Waals surface area contributed by atoms with Crippen molar-refractivity contribution in [1.82, 2.24) is 0 Å². The van der Waals surface area contributed by atoms with Crippen molar-refractivity contribution in [3.8, 4) is 5.75 Å². The van der Waals surface area contributed by atoms with Crippen LogP contribution in [0.2, 0.25) is 0 Å². The Morgan fingerprint density at radius 1 is 1.31 bits per heavy atom. The average molecular weight is 178 g/mol. The molecule has 0 amide bonds. The number of aromatic hydroxyl groups is 1. The highest BCUT2D eigenvalue weighted by molar-refractivity contribution is 5.83. The maximum absolute atomic E-state index is 9.28. The number of furan rings is 1. The third-order valence-corrected chi connectivity index (χ3v) is 2.00. The number of hydrogen-bond donors (Lipinski definition) is 2. The SMILES string of the molecule is Cc1cc2c(CO)cc(O)cc2o1. The fraction of sp³-hybridized carbons (Fsp3) is 0.200. The second-order valence-corrected chi connectivity index (χ2v) is 3.03. The molecule has 3 nitrogen and oxygen atoms in total. The summed E-state index contributed by atoms with van der Waals surface area (Å²) in [5.74, 6) is 0.890. The third-order valence-electron chi connectivity index (χ3n) is 2.00. The normalized spacial score (nSPS) is 10.9. The third kappa shape index (κ3) is 1.27. The number of fused-ring (bicyclic) bond motifs is 1. The first-order valence-corrected chi connectivity index (χ1v) is 4.03. The summed E-state index contributed by atoms with van der Waals surface area (Å²) in [5, 5.41) is 19.2. The minimum Gasteiger partial charge on any atom is -0.508 e. The Bertz CT molecular complexity index is 443. The monoisotopic (exact) mass is 178 g/mol. The molecule has 2 N–H and O–H groups in total. The van der Waals surface area contributed by atoms with Gasteiger partial charge in [-0.25, -0.2) is 0 Å². The molecule has 13 heavy (non-hydrogen) atoms. The van der Waals surface area contributed by atoms with Gasteiger partial charge < -0.3 is 14.6 Å². The van der Waals surface area contributed by atoms with Crippen LogP contribution in [0.5, 0.6) is 5.75 Å². The molecule has 2 rings (SSSR count). The largest absolute Gasteiger partial charge is 0.508 e. The zero-order valence-corrected chi connectivity index (χ0v) is 7.24. The first-order chi connectivity index (χ1) is 6.20. The van der Waals surface area contributed by atoms with Crippen LogP contribution in [-0.2, 0) is 6.61 Å². The first-order valence-electron chi connectivity index (χ1n) is 4.03. The Balaban J connectivity index is 2.80. The van der Waals surface area contributed by atoms with Crippen molar-refractivity contribution in [2.75, 3.05) is 0 Å². The topological polar surface area (TPSA) is 53.6 Å². The Hall–Kier alpha value is -1.48. The van der Waals surface area contributed by atoms with Gasteiger partial charge in [0.25, 0.3) is 0 Å².